The highest BCUT2D eigenvalue weighted by Gasteiger charge is 1.91. The number of nitrogens with two attached hydrogens (primary N) is 4. The van der Waals surface area contributed by atoms with E-state index in [4.69, 9.17) is 22.9 Å². The molecule has 0 aliphatic carbocycles. The van der Waals surface area contributed by atoms with E-state index in [1.54, 1.807) is 0 Å². The van der Waals surface area contributed by atoms with Crippen molar-refractivity contribution in [2.75, 3.05) is 26.2 Å². The van der Waals surface area contributed by atoms with Crippen LogP contribution >= 0.6 is 0 Å². The minimum atomic E-state index is 0.750. The highest BCUT2D eigenvalue weighted by Crippen LogP contribution is 2.17. The zero-order valence-corrected chi connectivity index (χ0v) is 19.4. The second-order valence-electron chi connectivity index (χ2n) is 5.52. The van der Waals surface area contributed by atoms with Crippen LogP contribution in [0.5, 0.6) is 0 Å². The zero-order chi connectivity index (χ0) is 23.3. The third-order valence-corrected chi connectivity index (χ3v) is 2.55. The second-order valence-corrected chi connectivity index (χ2v) is 5.52. The SMILES string of the molecule is CCN.CCN.CCN.CCN.c1ccc(-c2ccccc2)cc1.c1ccccc1. The van der Waals surface area contributed by atoms with Crippen molar-refractivity contribution >= 4 is 0 Å². The summed E-state index contributed by atoms with van der Waals surface area (Å²) < 4.78 is 0. The minimum Gasteiger partial charge on any atom is -0.331 e. The summed E-state index contributed by atoms with van der Waals surface area (Å²) >= 11 is 0. The van der Waals surface area contributed by atoms with E-state index in [1.807, 2.05) is 76.2 Å². The summed E-state index contributed by atoms with van der Waals surface area (Å²) in [5.74, 6) is 0. The first kappa shape index (κ1) is 32.2. The molecule has 3 rings (SSSR count). The average Bonchev–Trinajstić information content (AvgIpc) is 2.79. The Hall–Kier alpha value is -2.50. The summed E-state index contributed by atoms with van der Waals surface area (Å²) in [6.07, 6.45) is 0. The van der Waals surface area contributed by atoms with Gasteiger partial charge in [0.2, 0.25) is 0 Å². The van der Waals surface area contributed by atoms with Crippen LogP contribution < -0.4 is 22.9 Å². The Morgan fingerprint density at radius 1 is 0.367 bits per heavy atom. The third kappa shape index (κ3) is 27.7. The van der Waals surface area contributed by atoms with Gasteiger partial charge in [0.1, 0.15) is 0 Å². The van der Waals surface area contributed by atoms with Gasteiger partial charge in [0, 0.05) is 0 Å². The lowest BCUT2D eigenvalue weighted by molar-refractivity contribution is 1.14. The molecule has 0 spiro atoms. The van der Waals surface area contributed by atoms with Crippen molar-refractivity contribution in [3.8, 4) is 11.1 Å². The van der Waals surface area contributed by atoms with Gasteiger partial charge in [0.05, 0.1) is 0 Å². The van der Waals surface area contributed by atoms with E-state index in [1.165, 1.54) is 11.1 Å². The van der Waals surface area contributed by atoms with Gasteiger partial charge in [-0.2, -0.15) is 0 Å². The molecule has 0 aromatic heterocycles. The number of hydrogen-bond acceptors (Lipinski definition) is 4. The first-order valence-corrected chi connectivity index (χ1v) is 10.5. The number of rotatable bonds is 1. The van der Waals surface area contributed by atoms with Gasteiger partial charge < -0.3 is 22.9 Å². The van der Waals surface area contributed by atoms with E-state index in [0.717, 1.165) is 26.2 Å². The lowest BCUT2D eigenvalue weighted by Gasteiger charge is -1.98. The Balaban J connectivity index is -0.000000342. The largest absolute Gasteiger partial charge is 0.331 e. The summed E-state index contributed by atoms with van der Waals surface area (Å²) in [6, 6.07) is 32.8. The number of benzene rings is 3. The van der Waals surface area contributed by atoms with Gasteiger partial charge in [-0.1, -0.05) is 125 Å². The van der Waals surface area contributed by atoms with Gasteiger partial charge in [-0.05, 0) is 37.3 Å². The molecule has 0 amide bonds. The molecule has 3 aromatic carbocycles. The van der Waals surface area contributed by atoms with E-state index >= 15 is 0 Å². The Bertz CT molecular complexity index is 530. The molecule has 0 fully saturated rings. The molecular formula is C26H44N4. The van der Waals surface area contributed by atoms with E-state index in [-0.39, 0.29) is 0 Å². The molecule has 0 saturated heterocycles. The fourth-order valence-corrected chi connectivity index (χ4v) is 1.65. The lowest BCUT2D eigenvalue weighted by Crippen LogP contribution is -1.87. The van der Waals surface area contributed by atoms with Gasteiger partial charge in [-0.25, -0.2) is 0 Å². The molecule has 0 aliphatic heterocycles. The molecule has 0 unspecified atom stereocenters. The van der Waals surface area contributed by atoms with Crippen LogP contribution in [-0.4, -0.2) is 26.2 Å². The molecule has 30 heavy (non-hydrogen) atoms. The van der Waals surface area contributed by atoms with Crippen molar-refractivity contribution in [1.29, 1.82) is 0 Å². The maximum absolute atomic E-state index is 4.85. The monoisotopic (exact) mass is 412 g/mol. The summed E-state index contributed by atoms with van der Waals surface area (Å²) in [4.78, 5) is 0. The zero-order valence-electron chi connectivity index (χ0n) is 19.4. The maximum Gasteiger partial charge on any atom is -0.0106 e. The van der Waals surface area contributed by atoms with Crippen molar-refractivity contribution in [3.05, 3.63) is 97.1 Å². The minimum absolute atomic E-state index is 0.750. The molecule has 4 heteroatoms. The topological polar surface area (TPSA) is 104 Å². The Morgan fingerprint density at radius 2 is 0.500 bits per heavy atom. The normalized spacial score (nSPS) is 7.87. The Kier molecular flexibility index (Phi) is 33.5. The van der Waals surface area contributed by atoms with Crippen LogP contribution in [0.2, 0.25) is 0 Å². The van der Waals surface area contributed by atoms with Crippen molar-refractivity contribution < 1.29 is 0 Å². The molecule has 8 N–H and O–H groups in total. The second kappa shape index (κ2) is 31.2. The molecule has 3 aromatic rings. The predicted octanol–water partition coefficient (Wildman–Crippen LogP) is 4.90. The lowest BCUT2D eigenvalue weighted by atomic mass is 10.1. The van der Waals surface area contributed by atoms with Crippen molar-refractivity contribution in [1.82, 2.24) is 0 Å². The fraction of sp³-hybridized carbons (Fsp3) is 0.308. The standard InChI is InChI=1S/C12H10.C6H6.4C2H7N/c1-3-7-11(8-4-1)12-9-5-2-6-10-12;1-2-4-6-5-3-1;4*1-2-3/h1-10H;1-6H;4*2-3H2,1H3. The van der Waals surface area contributed by atoms with Crippen LogP contribution in [0.25, 0.3) is 11.1 Å². The van der Waals surface area contributed by atoms with Crippen LogP contribution in [0, 0.1) is 0 Å². The van der Waals surface area contributed by atoms with Crippen molar-refractivity contribution in [3.63, 3.8) is 0 Å². The van der Waals surface area contributed by atoms with Gasteiger partial charge >= 0.3 is 0 Å². The molecule has 0 bridgehead atoms. The maximum atomic E-state index is 4.85. The summed E-state index contributed by atoms with van der Waals surface area (Å²) in [5.41, 5.74) is 21.9. The third-order valence-electron chi connectivity index (χ3n) is 2.55. The highest BCUT2D eigenvalue weighted by atomic mass is 14.5. The van der Waals surface area contributed by atoms with E-state index in [2.05, 4.69) is 48.5 Å². The summed E-state index contributed by atoms with van der Waals surface area (Å²) in [6.45, 7) is 10.6. The quantitative estimate of drug-likeness (QED) is 0.456. The van der Waals surface area contributed by atoms with Gasteiger partial charge in [0.25, 0.3) is 0 Å². The van der Waals surface area contributed by atoms with Crippen LogP contribution in [0.4, 0.5) is 0 Å². The number of hydrogen-bond donors (Lipinski definition) is 4. The van der Waals surface area contributed by atoms with E-state index in [0.29, 0.717) is 0 Å². The van der Waals surface area contributed by atoms with E-state index < -0.39 is 0 Å². The fourth-order valence-electron chi connectivity index (χ4n) is 1.65. The van der Waals surface area contributed by atoms with Crippen molar-refractivity contribution in [2.45, 2.75) is 27.7 Å². The van der Waals surface area contributed by atoms with Gasteiger partial charge in [-0.3, -0.25) is 0 Å². The van der Waals surface area contributed by atoms with Crippen LogP contribution in [-0.2, 0) is 0 Å². The molecule has 4 nitrogen and oxygen atoms in total. The molecule has 0 radical (unpaired) electrons. The Morgan fingerprint density at radius 3 is 0.667 bits per heavy atom. The first-order valence-electron chi connectivity index (χ1n) is 10.5. The highest BCUT2D eigenvalue weighted by molar-refractivity contribution is 5.62. The molecule has 0 atom stereocenters. The van der Waals surface area contributed by atoms with Crippen LogP contribution in [0.3, 0.4) is 0 Å². The predicted molar refractivity (Wildman–Crippen MR) is 137 cm³/mol. The molecular weight excluding hydrogens is 368 g/mol. The molecule has 168 valence electrons. The average molecular weight is 413 g/mol. The Labute approximate surface area is 185 Å². The van der Waals surface area contributed by atoms with E-state index in [9.17, 15) is 0 Å². The van der Waals surface area contributed by atoms with Gasteiger partial charge in [-0.15, -0.1) is 0 Å². The molecule has 0 saturated carbocycles. The first-order chi connectivity index (χ1) is 14.6. The molecule has 0 aliphatic rings. The smallest absolute Gasteiger partial charge is 0.0106 e. The van der Waals surface area contributed by atoms with Crippen LogP contribution in [0.15, 0.2) is 97.1 Å². The molecule has 0 heterocycles. The summed E-state index contributed by atoms with van der Waals surface area (Å²) in [5, 5.41) is 0. The van der Waals surface area contributed by atoms with Crippen LogP contribution in [0.1, 0.15) is 27.7 Å². The van der Waals surface area contributed by atoms with Crippen molar-refractivity contribution in [2.24, 2.45) is 22.9 Å². The van der Waals surface area contributed by atoms with Gasteiger partial charge in [0.15, 0.2) is 0 Å². The summed E-state index contributed by atoms with van der Waals surface area (Å²) in [7, 11) is 0.